The van der Waals surface area contributed by atoms with E-state index in [4.69, 9.17) is 4.74 Å². The molecule has 1 aromatic rings. The van der Waals surface area contributed by atoms with Crippen molar-refractivity contribution in [2.75, 3.05) is 20.3 Å². The number of ether oxygens (including phenoxy) is 1. The summed E-state index contributed by atoms with van der Waals surface area (Å²) in [5.41, 5.74) is 2.75. The van der Waals surface area contributed by atoms with Gasteiger partial charge in [0.25, 0.3) is 0 Å². The molecule has 1 aromatic carbocycles. The summed E-state index contributed by atoms with van der Waals surface area (Å²) in [5, 5.41) is 3.67. The van der Waals surface area contributed by atoms with Gasteiger partial charge in [0.15, 0.2) is 0 Å². The van der Waals surface area contributed by atoms with Crippen LogP contribution in [0.5, 0.6) is 0 Å². The first kappa shape index (κ1) is 16.2. The van der Waals surface area contributed by atoms with Gasteiger partial charge in [-0.05, 0) is 44.2 Å². The average Bonchev–Trinajstić information content (AvgIpc) is 2.39. The molecule has 0 saturated carbocycles. The monoisotopic (exact) mass is 263 g/mol. The zero-order chi connectivity index (χ0) is 14.1. The van der Waals surface area contributed by atoms with Crippen LogP contribution in [0, 0.1) is 12.8 Å². The molecule has 1 N–H and O–H groups in total. The molecule has 0 aliphatic heterocycles. The van der Waals surface area contributed by atoms with Gasteiger partial charge in [0.2, 0.25) is 0 Å². The van der Waals surface area contributed by atoms with Crippen LogP contribution in [0.25, 0.3) is 0 Å². The molecule has 0 heterocycles. The van der Waals surface area contributed by atoms with E-state index >= 15 is 0 Å². The Morgan fingerprint density at radius 2 is 1.89 bits per heavy atom. The van der Waals surface area contributed by atoms with E-state index in [-0.39, 0.29) is 0 Å². The molecular formula is C17H29NO. The minimum atomic E-state index is 0.549. The summed E-state index contributed by atoms with van der Waals surface area (Å²) in [5.74, 6) is 0.602. The van der Waals surface area contributed by atoms with Crippen LogP contribution in [0.3, 0.4) is 0 Å². The Morgan fingerprint density at radius 3 is 2.47 bits per heavy atom. The minimum Gasteiger partial charge on any atom is -0.384 e. The molecule has 2 atom stereocenters. The number of benzene rings is 1. The van der Waals surface area contributed by atoms with Crippen molar-refractivity contribution in [3.8, 4) is 0 Å². The van der Waals surface area contributed by atoms with Crippen molar-refractivity contribution in [2.45, 2.75) is 46.1 Å². The summed E-state index contributed by atoms with van der Waals surface area (Å²) >= 11 is 0. The third-order valence-electron chi connectivity index (χ3n) is 3.42. The molecular weight excluding hydrogens is 234 g/mol. The topological polar surface area (TPSA) is 21.3 Å². The molecule has 19 heavy (non-hydrogen) atoms. The highest BCUT2D eigenvalue weighted by Crippen LogP contribution is 2.13. The number of rotatable bonds is 9. The van der Waals surface area contributed by atoms with Crippen LogP contribution in [0.1, 0.15) is 37.8 Å². The van der Waals surface area contributed by atoms with E-state index in [0.29, 0.717) is 12.0 Å². The lowest BCUT2D eigenvalue weighted by Crippen LogP contribution is -2.34. The first-order chi connectivity index (χ1) is 9.15. The van der Waals surface area contributed by atoms with E-state index < -0.39 is 0 Å². The summed E-state index contributed by atoms with van der Waals surface area (Å²) in [6.07, 6.45) is 3.46. The number of aryl methyl sites for hydroxylation is 1. The standard InChI is InChI=1S/C17H29NO/c1-5-10-18-17(11-15(3)13-19-4)12-16-8-6-14(2)7-9-16/h6-9,15,17-18H,5,10-13H2,1-4H3. The second kappa shape index (κ2) is 9.11. The van der Waals surface area contributed by atoms with Crippen molar-refractivity contribution in [2.24, 2.45) is 5.92 Å². The molecule has 0 spiro atoms. The van der Waals surface area contributed by atoms with Crippen molar-refractivity contribution in [1.29, 1.82) is 0 Å². The van der Waals surface area contributed by atoms with Gasteiger partial charge in [-0.15, -0.1) is 0 Å². The molecule has 2 heteroatoms. The van der Waals surface area contributed by atoms with Crippen LogP contribution in [-0.4, -0.2) is 26.3 Å². The molecule has 0 radical (unpaired) electrons. The van der Waals surface area contributed by atoms with E-state index in [1.807, 2.05) is 0 Å². The molecule has 0 aliphatic carbocycles. The van der Waals surface area contributed by atoms with E-state index in [2.05, 4.69) is 50.4 Å². The molecule has 0 fully saturated rings. The Bertz CT molecular complexity index is 334. The summed E-state index contributed by atoms with van der Waals surface area (Å²) in [6.45, 7) is 8.56. The van der Waals surface area contributed by atoms with Gasteiger partial charge in [-0.25, -0.2) is 0 Å². The van der Waals surface area contributed by atoms with Crippen LogP contribution in [0.2, 0.25) is 0 Å². The van der Waals surface area contributed by atoms with Crippen LogP contribution in [0.4, 0.5) is 0 Å². The van der Waals surface area contributed by atoms with Crippen molar-refractivity contribution >= 4 is 0 Å². The largest absolute Gasteiger partial charge is 0.384 e. The molecule has 0 amide bonds. The summed E-state index contributed by atoms with van der Waals surface area (Å²) < 4.78 is 5.25. The maximum absolute atomic E-state index is 5.25. The highest BCUT2D eigenvalue weighted by Gasteiger charge is 2.13. The molecule has 1 rings (SSSR count). The van der Waals surface area contributed by atoms with E-state index in [0.717, 1.165) is 19.6 Å². The molecule has 0 bridgehead atoms. The molecule has 2 unspecified atom stereocenters. The second-order valence-corrected chi connectivity index (χ2v) is 5.64. The van der Waals surface area contributed by atoms with Gasteiger partial charge in [-0.3, -0.25) is 0 Å². The van der Waals surface area contributed by atoms with Crippen LogP contribution >= 0.6 is 0 Å². The normalized spacial score (nSPS) is 14.3. The number of methoxy groups -OCH3 is 1. The number of hydrogen-bond acceptors (Lipinski definition) is 2. The van der Waals surface area contributed by atoms with Gasteiger partial charge in [0, 0.05) is 19.8 Å². The molecule has 0 aliphatic rings. The zero-order valence-corrected chi connectivity index (χ0v) is 12.9. The van der Waals surface area contributed by atoms with E-state index in [1.165, 1.54) is 24.0 Å². The summed E-state index contributed by atoms with van der Waals surface area (Å²) in [4.78, 5) is 0. The summed E-state index contributed by atoms with van der Waals surface area (Å²) in [7, 11) is 1.78. The third kappa shape index (κ3) is 6.74. The lowest BCUT2D eigenvalue weighted by atomic mass is 9.96. The fraction of sp³-hybridized carbons (Fsp3) is 0.647. The highest BCUT2D eigenvalue weighted by atomic mass is 16.5. The lowest BCUT2D eigenvalue weighted by molar-refractivity contribution is 0.149. The van der Waals surface area contributed by atoms with Gasteiger partial charge < -0.3 is 10.1 Å². The Balaban J connectivity index is 2.54. The van der Waals surface area contributed by atoms with Crippen molar-refractivity contribution in [1.82, 2.24) is 5.32 Å². The fourth-order valence-electron chi connectivity index (χ4n) is 2.43. The maximum atomic E-state index is 5.25. The van der Waals surface area contributed by atoms with Crippen LogP contribution in [0.15, 0.2) is 24.3 Å². The maximum Gasteiger partial charge on any atom is 0.0488 e. The van der Waals surface area contributed by atoms with Crippen LogP contribution in [-0.2, 0) is 11.2 Å². The predicted molar refractivity (Wildman–Crippen MR) is 82.6 cm³/mol. The van der Waals surface area contributed by atoms with Gasteiger partial charge in [-0.2, -0.15) is 0 Å². The molecule has 0 saturated heterocycles. The minimum absolute atomic E-state index is 0.549. The Kier molecular flexibility index (Phi) is 7.76. The predicted octanol–water partition coefficient (Wildman–Crippen LogP) is 3.58. The molecule has 0 aromatic heterocycles. The lowest BCUT2D eigenvalue weighted by Gasteiger charge is -2.22. The average molecular weight is 263 g/mol. The molecule has 2 nitrogen and oxygen atoms in total. The van der Waals surface area contributed by atoms with Gasteiger partial charge in [0.05, 0.1) is 0 Å². The van der Waals surface area contributed by atoms with Gasteiger partial charge in [0.1, 0.15) is 0 Å². The third-order valence-corrected chi connectivity index (χ3v) is 3.42. The molecule has 108 valence electrons. The van der Waals surface area contributed by atoms with Gasteiger partial charge >= 0.3 is 0 Å². The number of hydrogen-bond donors (Lipinski definition) is 1. The zero-order valence-electron chi connectivity index (χ0n) is 12.9. The van der Waals surface area contributed by atoms with Crippen molar-refractivity contribution in [3.05, 3.63) is 35.4 Å². The van der Waals surface area contributed by atoms with Crippen molar-refractivity contribution < 1.29 is 4.74 Å². The highest BCUT2D eigenvalue weighted by molar-refractivity contribution is 5.22. The van der Waals surface area contributed by atoms with Gasteiger partial charge in [-0.1, -0.05) is 43.7 Å². The SMILES string of the molecule is CCCNC(Cc1ccc(C)cc1)CC(C)COC. The number of nitrogens with one attached hydrogen (secondary N) is 1. The first-order valence-electron chi connectivity index (χ1n) is 7.43. The second-order valence-electron chi connectivity index (χ2n) is 5.64. The first-order valence-corrected chi connectivity index (χ1v) is 7.43. The van der Waals surface area contributed by atoms with E-state index in [9.17, 15) is 0 Å². The van der Waals surface area contributed by atoms with Crippen LogP contribution < -0.4 is 5.32 Å². The smallest absolute Gasteiger partial charge is 0.0488 e. The van der Waals surface area contributed by atoms with Crippen molar-refractivity contribution in [3.63, 3.8) is 0 Å². The fourth-order valence-corrected chi connectivity index (χ4v) is 2.43. The summed E-state index contributed by atoms with van der Waals surface area (Å²) in [6, 6.07) is 9.44. The van der Waals surface area contributed by atoms with E-state index in [1.54, 1.807) is 7.11 Å². The Morgan fingerprint density at radius 1 is 1.21 bits per heavy atom. The Labute approximate surface area is 118 Å². The quantitative estimate of drug-likeness (QED) is 0.735. The Hall–Kier alpha value is -0.860.